The second kappa shape index (κ2) is 7.80. The summed E-state index contributed by atoms with van der Waals surface area (Å²) in [5.41, 5.74) is 0. The fourth-order valence-electron chi connectivity index (χ4n) is 2.34. The van der Waals surface area contributed by atoms with Gasteiger partial charge in [-0.15, -0.1) is 0 Å². The standard InChI is InChI=1S/C16H23N3O4/c1-11(2)7-8-17-14(20)6-5-13-15(21)19(16(22)18-13)10-12-4-3-9-23-12/h3-4,9,11,13H,5-8,10H2,1-2H3,(H,17,20)(H,18,22)/t13-/m0/s1. The molecular weight excluding hydrogens is 298 g/mol. The van der Waals surface area contributed by atoms with Gasteiger partial charge in [-0.3, -0.25) is 14.5 Å². The number of rotatable bonds is 8. The molecule has 7 heteroatoms. The third-order valence-electron chi connectivity index (χ3n) is 3.70. The predicted octanol–water partition coefficient (Wildman–Crippen LogP) is 1.64. The number of amides is 4. The predicted molar refractivity (Wildman–Crippen MR) is 83.3 cm³/mol. The van der Waals surface area contributed by atoms with Gasteiger partial charge in [-0.2, -0.15) is 0 Å². The van der Waals surface area contributed by atoms with Crippen LogP contribution in [0, 0.1) is 5.92 Å². The van der Waals surface area contributed by atoms with Crippen molar-refractivity contribution in [2.24, 2.45) is 5.92 Å². The lowest BCUT2D eigenvalue weighted by atomic mass is 10.1. The van der Waals surface area contributed by atoms with E-state index >= 15 is 0 Å². The molecule has 23 heavy (non-hydrogen) atoms. The van der Waals surface area contributed by atoms with Crippen molar-refractivity contribution in [3.05, 3.63) is 24.2 Å². The first-order chi connectivity index (χ1) is 11.0. The zero-order valence-corrected chi connectivity index (χ0v) is 13.5. The van der Waals surface area contributed by atoms with Gasteiger partial charge in [-0.1, -0.05) is 13.8 Å². The summed E-state index contributed by atoms with van der Waals surface area (Å²) in [4.78, 5) is 36.9. The lowest BCUT2D eigenvalue weighted by molar-refractivity contribution is -0.128. The molecule has 1 aromatic heterocycles. The Balaban J connectivity index is 1.77. The maximum Gasteiger partial charge on any atom is 0.325 e. The maximum absolute atomic E-state index is 12.2. The molecule has 0 unspecified atom stereocenters. The second-order valence-corrected chi connectivity index (χ2v) is 6.08. The normalized spacial score (nSPS) is 17.7. The minimum Gasteiger partial charge on any atom is -0.467 e. The van der Waals surface area contributed by atoms with Gasteiger partial charge < -0.3 is 15.1 Å². The molecule has 0 saturated carbocycles. The number of furan rings is 1. The number of hydrogen-bond acceptors (Lipinski definition) is 4. The molecule has 1 atom stereocenters. The number of urea groups is 1. The third kappa shape index (κ3) is 4.84. The number of carbonyl (C=O) groups excluding carboxylic acids is 3. The van der Waals surface area contributed by atoms with Crippen LogP contribution in [0.4, 0.5) is 4.79 Å². The summed E-state index contributed by atoms with van der Waals surface area (Å²) >= 11 is 0. The average molecular weight is 321 g/mol. The van der Waals surface area contributed by atoms with Gasteiger partial charge in [0.15, 0.2) is 0 Å². The molecule has 2 rings (SSSR count). The van der Waals surface area contributed by atoms with Gasteiger partial charge in [-0.25, -0.2) is 4.79 Å². The lowest BCUT2D eigenvalue weighted by Gasteiger charge is -2.11. The molecule has 2 heterocycles. The van der Waals surface area contributed by atoms with E-state index in [0.717, 1.165) is 11.3 Å². The summed E-state index contributed by atoms with van der Waals surface area (Å²) in [5, 5.41) is 5.43. The van der Waals surface area contributed by atoms with Crippen LogP contribution in [0.5, 0.6) is 0 Å². The van der Waals surface area contributed by atoms with Gasteiger partial charge in [0.25, 0.3) is 5.91 Å². The van der Waals surface area contributed by atoms with Gasteiger partial charge in [0.2, 0.25) is 5.91 Å². The highest BCUT2D eigenvalue weighted by molar-refractivity contribution is 6.04. The molecule has 2 N–H and O–H groups in total. The molecule has 0 radical (unpaired) electrons. The first kappa shape index (κ1) is 17.1. The smallest absolute Gasteiger partial charge is 0.325 e. The van der Waals surface area contributed by atoms with E-state index in [1.165, 1.54) is 6.26 Å². The monoisotopic (exact) mass is 321 g/mol. The Morgan fingerprint density at radius 2 is 2.22 bits per heavy atom. The molecule has 1 aromatic rings. The molecular formula is C16H23N3O4. The maximum atomic E-state index is 12.2. The van der Waals surface area contributed by atoms with E-state index in [4.69, 9.17) is 4.42 Å². The topological polar surface area (TPSA) is 91.7 Å². The Labute approximate surface area is 135 Å². The number of hydrogen-bond donors (Lipinski definition) is 2. The summed E-state index contributed by atoms with van der Waals surface area (Å²) in [6.45, 7) is 4.92. The van der Waals surface area contributed by atoms with Crippen molar-refractivity contribution < 1.29 is 18.8 Å². The van der Waals surface area contributed by atoms with Crippen LogP contribution in [0.2, 0.25) is 0 Å². The van der Waals surface area contributed by atoms with E-state index in [1.54, 1.807) is 12.1 Å². The van der Waals surface area contributed by atoms with Crippen LogP contribution in [0.3, 0.4) is 0 Å². The molecule has 0 aromatic carbocycles. The van der Waals surface area contributed by atoms with E-state index in [1.807, 2.05) is 0 Å². The summed E-state index contributed by atoms with van der Waals surface area (Å²) in [7, 11) is 0. The van der Waals surface area contributed by atoms with Gasteiger partial charge in [0, 0.05) is 13.0 Å². The molecule has 0 aliphatic carbocycles. The van der Waals surface area contributed by atoms with E-state index in [-0.39, 0.29) is 24.8 Å². The fraction of sp³-hybridized carbons (Fsp3) is 0.562. The molecule has 1 fully saturated rings. The Morgan fingerprint density at radius 3 is 2.87 bits per heavy atom. The summed E-state index contributed by atoms with van der Waals surface area (Å²) in [5.74, 6) is 0.653. The van der Waals surface area contributed by atoms with Crippen molar-refractivity contribution in [1.82, 2.24) is 15.5 Å². The van der Waals surface area contributed by atoms with Crippen molar-refractivity contribution in [3.63, 3.8) is 0 Å². The SMILES string of the molecule is CC(C)CCNC(=O)CC[C@@H]1NC(=O)N(Cc2ccco2)C1=O. The van der Waals surface area contributed by atoms with Gasteiger partial charge in [-0.05, 0) is 30.9 Å². The second-order valence-electron chi connectivity index (χ2n) is 6.08. The Morgan fingerprint density at radius 1 is 1.43 bits per heavy atom. The summed E-state index contributed by atoms with van der Waals surface area (Å²) in [6, 6.07) is 2.31. The van der Waals surface area contributed by atoms with Crippen LogP contribution in [-0.4, -0.2) is 35.3 Å². The lowest BCUT2D eigenvalue weighted by Crippen LogP contribution is -2.32. The third-order valence-corrected chi connectivity index (χ3v) is 3.70. The Bertz CT molecular complexity index is 554. The molecule has 0 bridgehead atoms. The van der Waals surface area contributed by atoms with Crippen LogP contribution in [0.1, 0.15) is 38.9 Å². The van der Waals surface area contributed by atoms with Gasteiger partial charge in [0.1, 0.15) is 11.8 Å². The largest absolute Gasteiger partial charge is 0.467 e. The summed E-state index contributed by atoms with van der Waals surface area (Å²) < 4.78 is 5.15. The van der Waals surface area contributed by atoms with Crippen LogP contribution in [0.15, 0.2) is 22.8 Å². The van der Waals surface area contributed by atoms with Crippen LogP contribution < -0.4 is 10.6 Å². The number of carbonyl (C=O) groups is 3. The van der Waals surface area contributed by atoms with Crippen molar-refractivity contribution >= 4 is 17.8 Å². The van der Waals surface area contributed by atoms with E-state index < -0.39 is 12.1 Å². The Kier molecular flexibility index (Phi) is 5.78. The number of imide groups is 1. The van der Waals surface area contributed by atoms with E-state index in [9.17, 15) is 14.4 Å². The first-order valence-electron chi connectivity index (χ1n) is 7.88. The van der Waals surface area contributed by atoms with Crippen molar-refractivity contribution in [2.75, 3.05) is 6.54 Å². The molecule has 1 saturated heterocycles. The average Bonchev–Trinajstić information content (AvgIpc) is 3.09. The van der Waals surface area contributed by atoms with Gasteiger partial charge in [0.05, 0.1) is 12.8 Å². The van der Waals surface area contributed by atoms with Gasteiger partial charge >= 0.3 is 6.03 Å². The van der Waals surface area contributed by atoms with Crippen LogP contribution in [-0.2, 0) is 16.1 Å². The highest BCUT2D eigenvalue weighted by atomic mass is 16.3. The first-order valence-corrected chi connectivity index (χ1v) is 7.88. The van der Waals surface area contributed by atoms with Crippen LogP contribution in [0.25, 0.3) is 0 Å². The molecule has 4 amide bonds. The molecule has 1 aliphatic rings. The minimum absolute atomic E-state index is 0.0998. The fourth-order valence-corrected chi connectivity index (χ4v) is 2.34. The summed E-state index contributed by atoms with van der Waals surface area (Å²) in [6.07, 6.45) is 2.92. The molecule has 1 aliphatic heterocycles. The Hall–Kier alpha value is -2.31. The minimum atomic E-state index is -0.645. The van der Waals surface area contributed by atoms with Crippen molar-refractivity contribution in [2.45, 2.75) is 45.7 Å². The van der Waals surface area contributed by atoms with E-state index in [0.29, 0.717) is 24.6 Å². The van der Waals surface area contributed by atoms with Crippen LogP contribution >= 0.6 is 0 Å². The zero-order valence-electron chi connectivity index (χ0n) is 13.5. The van der Waals surface area contributed by atoms with E-state index in [2.05, 4.69) is 24.5 Å². The highest BCUT2D eigenvalue weighted by Gasteiger charge is 2.38. The van der Waals surface area contributed by atoms with Crippen molar-refractivity contribution in [3.8, 4) is 0 Å². The molecule has 126 valence electrons. The highest BCUT2D eigenvalue weighted by Crippen LogP contribution is 2.15. The quantitative estimate of drug-likeness (QED) is 0.712. The number of nitrogens with one attached hydrogen (secondary N) is 2. The molecule has 0 spiro atoms. The van der Waals surface area contributed by atoms with Crippen molar-refractivity contribution in [1.29, 1.82) is 0 Å². The zero-order chi connectivity index (χ0) is 16.8. The number of nitrogens with zero attached hydrogens (tertiary/aromatic N) is 1. The molecule has 7 nitrogen and oxygen atoms in total.